The van der Waals surface area contributed by atoms with E-state index in [1.807, 2.05) is 20.8 Å². The second-order valence-electron chi connectivity index (χ2n) is 4.48. The van der Waals surface area contributed by atoms with E-state index in [1.54, 1.807) is 13.2 Å². The molecular weight excluding hydrogens is 276 g/mol. The molecule has 0 aliphatic heterocycles. The van der Waals surface area contributed by atoms with Crippen molar-refractivity contribution in [2.24, 2.45) is 0 Å². The molecule has 0 saturated carbocycles. The van der Waals surface area contributed by atoms with Crippen LogP contribution >= 0.6 is 11.3 Å². The lowest BCUT2D eigenvalue weighted by Crippen LogP contribution is -2.17. The average molecular weight is 292 g/mol. The topological polar surface area (TPSA) is 92.7 Å². The summed E-state index contributed by atoms with van der Waals surface area (Å²) in [7, 11) is 1.72. The number of anilines is 2. The molecule has 2 N–H and O–H groups in total. The molecule has 7 nitrogen and oxygen atoms in total. The molecule has 0 bridgehead atoms. The Kier molecular flexibility index (Phi) is 4.23. The fourth-order valence-electron chi connectivity index (χ4n) is 1.53. The molecule has 0 aromatic carbocycles. The average Bonchev–Trinajstić information content (AvgIpc) is 2.83. The van der Waals surface area contributed by atoms with E-state index >= 15 is 0 Å². The minimum atomic E-state index is -0.324. The molecule has 0 unspecified atom stereocenters. The third kappa shape index (κ3) is 3.08. The smallest absolute Gasteiger partial charge is 0.278 e. The Bertz CT molecular complexity index is 624. The van der Waals surface area contributed by atoms with Crippen LogP contribution in [0.5, 0.6) is 0 Å². The van der Waals surface area contributed by atoms with E-state index in [2.05, 4.69) is 30.8 Å². The van der Waals surface area contributed by atoms with Gasteiger partial charge in [-0.25, -0.2) is 9.97 Å². The first-order valence-electron chi connectivity index (χ1n) is 6.17. The highest BCUT2D eigenvalue weighted by Gasteiger charge is 2.17. The highest BCUT2D eigenvalue weighted by atomic mass is 32.1. The quantitative estimate of drug-likeness (QED) is 0.896. The largest absolute Gasteiger partial charge is 0.385 e. The first-order chi connectivity index (χ1) is 9.51. The summed E-state index contributed by atoms with van der Waals surface area (Å²) in [4.78, 5) is 20.8. The van der Waals surface area contributed by atoms with Crippen molar-refractivity contribution in [1.29, 1.82) is 0 Å². The minimum Gasteiger partial charge on any atom is -0.385 e. The van der Waals surface area contributed by atoms with Crippen molar-refractivity contribution >= 4 is 28.1 Å². The number of amides is 1. The number of hydrogen-bond acceptors (Lipinski definition) is 7. The van der Waals surface area contributed by atoms with Crippen molar-refractivity contribution in [3.8, 4) is 0 Å². The number of rotatable bonds is 4. The van der Waals surface area contributed by atoms with Crippen LogP contribution in [0.25, 0.3) is 0 Å². The van der Waals surface area contributed by atoms with E-state index in [0.717, 1.165) is 5.01 Å². The van der Waals surface area contributed by atoms with Crippen molar-refractivity contribution in [3.63, 3.8) is 0 Å². The van der Waals surface area contributed by atoms with E-state index in [1.165, 1.54) is 11.3 Å². The van der Waals surface area contributed by atoms with Crippen LogP contribution in [-0.4, -0.2) is 33.1 Å². The molecule has 2 rings (SSSR count). The van der Waals surface area contributed by atoms with Crippen molar-refractivity contribution in [2.45, 2.75) is 26.7 Å². The van der Waals surface area contributed by atoms with Gasteiger partial charge in [-0.2, -0.15) is 0 Å². The van der Waals surface area contributed by atoms with Gasteiger partial charge in [0.1, 0.15) is 10.8 Å². The van der Waals surface area contributed by atoms with Crippen molar-refractivity contribution in [1.82, 2.24) is 20.2 Å². The second-order valence-corrected chi connectivity index (χ2v) is 5.66. The van der Waals surface area contributed by atoms with Gasteiger partial charge in [-0.05, 0) is 6.92 Å². The van der Waals surface area contributed by atoms with Crippen LogP contribution in [-0.2, 0) is 0 Å². The van der Waals surface area contributed by atoms with Gasteiger partial charge in [0.25, 0.3) is 5.91 Å². The van der Waals surface area contributed by atoms with Crippen LogP contribution in [0.3, 0.4) is 0 Å². The number of aryl methyl sites for hydroxylation is 1. The Hall–Kier alpha value is -2.09. The first-order valence-corrected chi connectivity index (χ1v) is 6.99. The van der Waals surface area contributed by atoms with Crippen LogP contribution in [0, 0.1) is 6.92 Å². The number of carbonyl (C=O) groups is 1. The highest BCUT2D eigenvalue weighted by Crippen LogP contribution is 2.19. The number of hydrogen-bond donors (Lipinski definition) is 2. The second kappa shape index (κ2) is 5.91. The lowest BCUT2D eigenvalue weighted by Gasteiger charge is -2.10. The molecule has 8 heteroatoms. The van der Waals surface area contributed by atoms with Crippen molar-refractivity contribution < 1.29 is 4.79 Å². The summed E-state index contributed by atoms with van der Waals surface area (Å²) in [5, 5.41) is 14.6. The molecule has 0 fully saturated rings. The Morgan fingerprint density at radius 2 is 2.10 bits per heavy atom. The third-order valence-electron chi connectivity index (χ3n) is 2.55. The summed E-state index contributed by atoms with van der Waals surface area (Å²) in [5.41, 5.74) is 0.882. The Morgan fingerprint density at radius 1 is 1.35 bits per heavy atom. The first kappa shape index (κ1) is 14.3. The van der Waals surface area contributed by atoms with Gasteiger partial charge in [-0.15, -0.1) is 10.2 Å². The molecule has 1 amide bonds. The van der Waals surface area contributed by atoms with Crippen LogP contribution in [0.4, 0.5) is 10.8 Å². The van der Waals surface area contributed by atoms with Gasteiger partial charge in [-0.3, -0.25) is 10.1 Å². The maximum Gasteiger partial charge on any atom is 0.278 e. The SMILES string of the molecule is CNc1cnc(C(C)C)nc1C(=O)Nc1nnc(C)s1. The molecule has 2 aromatic heterocycles. The molecule has 0 aliphatic carbocycles. The van der Waals surface area contributed by atoms with E-state index < -0.39 is 0 Å². The standard InChI is InChI=1S/C12H16N6OS/c1-6(2)10-14-5-8(13-4)9(15-10)11(19)16-12-18-17-7(3)20-12/h5-6,13H,1-4H3,(H,16,18,19). The van der Waals surface area contributed by atoms with Crippen molar-refractivity contribution in [3.05, 3.63) is 22.7 Å². The van der Waals surface area contributed by atoms with Crippen LogP contribution in [0.2, 0.25) is 0 Å². The van der Waals surface area contributed by atoms with E-state index in [-0.39, 0.29) is 11.8 Å². The monoisotopic (exact) mass is 292 g/mol. The number of nitrogens with zero attached hydrogens (tertiary/aromatic N) is 4. The zero-order valence-corrected chi connectivity index (χ0v) is 12.6. The zero-order chi connectivity index (χ0) is 14.7. The Balaban J connectivity index is 2.29. The summed E-state index contributed by atoms with van der Waals surface area (Å²) in [6.45, 7) is 5.78. The number of aromatic nitrogens is 4. The number of carbonyl (C=O) groups excluding carboxylic acids is 1. The molecule has 0 spiro atoms. The molecule has 106 valence electrons. The van der Waals surface area contributed by atoms with Gasteiger partial charge in [0.05, 0.1) is 11.9 Å². The summed E-state index contributed by atoms with van der Waals surface area (Å²) >= 11 is 1.32. The summed E-state index contributed by atoms with van der Waals surface area (Å²) in [5.74, 6) is 0.452. The number of nitrogens with one attached hydrogen (secondary N) is 2. The predicted octanol–water partition coefficient (Wildman–Crippen LogP) is 2.05. The Morgan fingerprint density at radius 3 is 2.65 bits per heavy atom. The molecule has 2 aromatic rings. The molecule has 0 aliphatic rings. The maximum absolute atomic E-state index is 12.3. The molecule has 0 saturated heterocycles. The fraction of sp³-hybridized carbons (Fsp3) is 0.417. The van der Waals surface area contributed by atoms with Crippen LogP contribution in [0.1, 0.15) is 41.1 Å². The zero-order valence-electron chi connectivity index (χ0n) is 11.8. The predicted molar refractivity (Wildman–Crippen MR) is 78.3 cm³/mol. The van der Waals surface area contributed by atoms with E-state index in [9.17, 15) is 4.79 Å². The van der Waals surface area contributed by atoms with E-state index in [0.29, 0.717) is 22.3 Å². The lowest BCUT2D eigenvalue weighted by molar-refractivity contribution is 0.102. The third-order valence-corrected chi connectivity index (χ3v) is 3.31. The molecule has 0 atom stereocenters. The van der Waals surface area contributed by atoms with Gasteiger partial charge in [-0.1, -0.05) is 25.2 Å². The van der Waals surface area contributed by atoms with Crippen LogP contribution < -0.4 is 10.6 Å². The Labute approximate surface area is 120 Å². The summed E-state index contributed by atoms with van der Waals surface area (Å²) in [6.07, 6.45) is 1.61. The van der Waals surface area contributed by atoms with Gasteiger partial charge >= 0.3 is 0 Å². The maximum atomic E-state index is 12.3. The van der Waals surface area contributed by atoms with Gasteiger partial charge < -0.3 is 5.32 Å². The summed E-state index contributed by atoms with van der Waals surface area (Å²) in [6, 6.07) is 0. The van der Waals surface area contributed by atoms with Gasteiger partial charge in [0.15, 0.2) is 5.69 Å². The van der Waals surface area contributed by atoms with E-state index in [4.69, 9.17) is 0 Å². The molecule has 0 radical (unpaired) electrons. The van der Waals surface area contributed by atoms with Gasteiger partial charge in [0, 0.05) is 13.0 Å². The summed E-state index contributed by atoms with van der Waals surface area (Å²) < 4.78 is 0. The normalized spacial score (nSPS) is 10.7. The van der Waals surface area contributed by atoms with Crippen molar-refractivity contribution in [2.75, 3.05) is 17.7 Å². The molecule has 20 heavy (non-hydrogen) atoms. The van der Waals surface area contributed by atoms with Crippen LogP contribution in [0.15, 0.2) is 6.20 Å². The minimum absolute atomic E-state index is 0.149. The molecular formula is C12H16N6OS. The fourth-order valence-corrected chi connectivity index (χ4v) is 2.12. The van der Waals surface area contributed by atoms with Gasteiger partial charge in [0.2, 0.25) is 5.13 Å². The highest BCUT2D eigenvalue weighted by molar-refractivity contribution is 7.15. The lowest BCUT2D eigenvalue weighted by atomic mass is 10.2. The molecule has 2 heterocycles.